The molecule has 0 aliphatic rings. The molecule has 1 atom stereocenters. The molecule has 2 N–H and O–H groups in total. The van der Waals surface area contributed by atoms with Gasteiger partial charge >= 0.3 is 5.97 Å². The van der Waals surface area contributed by atoms with Crippen LogP contribution in [0.25, 0.3) is 0 Å². The Hall–Kier alpha value is -1.95. The van der Waals surface area contributed by atoms with Crippen LogP contribution in [0.4, 0.5) is 5.69 Å². The third kappa shape index (κ3) is 4.62. The van der Waals surface area contributed by atoms with Crippen molar-refractivity contribution in [3.8, 4) is 5.75 Å². The summed E-state index contributed by atoms with van der Waals surface area (Å²) < 4.78 is 9.81. The fourth-order valence-corrected chi connectivity index (χ4v) is 1.78. The van der Waals surface area contributed by atoms with E-state index in [-0.39, 0.29) is 12.5 Å². The molecule has 1 rings (SSSR count). The standard InChI is InChI=1S/C13H17ClN2O4/c1-8(17)16-11(13(18)20-3)7-15-10-6-9(14)4-5-12(10)19-2/h4-6,11,15H,7H2,1-3H3,(H,16,17). The first kappa shape index (κ1) is 16.1. The number of anilines is 1. The van der Waals surface area contributed by atoms with Crippen LogP contribution in [0, 0.1) is 0 Å². The van der Waals surface area contributed by atoms with E-state index in [9.17, 15) is 9.59 Å². The lowest BCUT2D eigenvalue weighted by molar-refractivity contribution is -0.144. The number of hydrogen-bond donors (Lipinski definition) is 2. The number of carbonyl (C=O) groups excluding carboxylic acids is 2. The van der Waals surface area contributed by atoms with Crippen molar-refractivity contribution in [1.82, 2.24) is 5.32 Å². The molecule has 0 fully saturated rings. The van der Waals surface area contributed by atoms with Gasteiger partial charge in [0, 0.05) is 18.5 Å². The van der Waals surface area contributed by atoms with Crippen LogP contribution < -0.4 is 15.4 Å². The molecule has 6 nitrogen and oxygen atoms in total. The lowest BCUT2D eigenvalue weighted by atomic mass is 10.2. The zero-order valence-electron chi connectivity index (χ0n) is 11.5. The Morgan fingerprint density at radius 2 is 2.05 bits per heavy atom. The summed E-state index contributed by atoms with van der Waals surface area (Å²) in [4.78, 5) is 22.6. The number of rotatable bonds is 6. The number of benzene rings is 1. The van der Waals surface area contributed by atoms with Crippen molar-refractivity contribution in [2.75, 3.05) is 26.1 Å². The summed E-state index contributed by atoms with van der Waals surface area (Å²) in [5, 5.41) is 6.03. The Kier molecular flexibility index (Phi) is 6.11. The lowest BCUT2D eigenvalue weighted by Gasteiger charge is -2.18. The van der Waals surface area contributed by atoms with Gasteiger partial charge in [-0.2, -0.15) is 0 Å². The minimum absolute atomic E-state index is 0.156. The van der Waals surface area contributed by atoms with E-state index < -0.39 is 12.0 Å². The number of methoxy groups -OCH3 is 2. The van der Waals surface area contributed by atoms with Crippen molar-refractivity contribution < 1.29 is 19.1 Å². The van der Waals surface area contributed by atoms with E-state index in [0.29, 0.717) is 16.5 Å². The maximum Gasteiger partial charge on any atom is 0.330 e. The van der Waals surface area contributed by atoms with E-state index in [1.54, 1.807) is 18.2 Å². The van der Waals surface area contributed by atoms with Crippen LogP contribution >= 0.6 is 11.6 Å². The predicted molar refractivity (Wildman–Crippen MR) is 76.1 cm³/mol. The van der Waals surface area contributed by atoms with Gasteiger partial charge in [0.2, 0.25) is 5.91 Å². The highest BCUT2D eigenvalue weighted by molar-refractivity contribution is 6.30. The van der Waals surface area contributed by atoms with Gasteiger partial charge in [0.1, 0.15) is 11.8 Å². The van der Waals surface area contributed by atoms with Crippen LogP contribution in [-0.4, -0.2) is 38.7 Å². The first-order valence-corrected chi connectivity index (χ1v) is 6.28. The van der Waals surface area contributed by atoms with Gasteiger partial charge in [0.15, 0.2) is 0 Å². The number of amides is 1. The SMILES string of the molecule is COC(=O)C(CNc1cc(Cl)ccc1OC)NC(C)=O. The Bertz CT molecular complexity index is 493. The van der Waals surface area contributed by atoms with Gasteiger partial charge in [-0.05, 0) is 18.2 Å². The molecule has 0 aromatic heterocycles. The molecule has 0 saturated carbocycles. The highest BCUT2D eigenvalue weighted by Gasteiger charge is 2.20. The minimum Gasteiger partial charge on any atom is -0.495 e. The van der Waals surface area contributed by atoms with E-state index in [1.165, 1.54) is 21.1 Å². The summed E-state index contributed by atoms with van der Waals surface area (Å²) in [6.45, 7) is 1.48. The van der Waals surface area contributed by atoms with Crippen LogP contribution in [0.1, 0.15) is 6.92 Å². The highest BCUT2D eigenvalue weighted by atomic mass is 35.5. The molecule has 0 aliphatic heterocycles. The minimum atomic E-state index is -0.791. The van der Waals surface area contributed by atoms with Crippen molar-refractivity contribution in [2.45, 2.75) is 13.0 Å². The zero-order chi connectivity index (χ0) is 15.1. The maximum atomic E-state index is 11.6. The Morgan fingerprint density at radius 1 is 1.35 bits per heavy atom. The van der Waals surface area contributed by atoms with E-state index in [2.05, 4.69) is 15.4 Å². The number of halogens is 1. The fraction of sp³-hybridized carbons (Fsp3) is 0.385. The largest absolute Gasteiger partial charge is 0.495 e. The zero-order valence-corrected chi connectivity index (χ0v) is 12.3. The summed E-state index contributed by atoms with van der Waals surface area (Å²) in [5.41, 5.74) is 0.624. The monoisotopic (exact) mass is 300 g/mol. The van der Waals surface area contributed by atoms with Gasteiger partial charge in [0.05, 0.1) is 19.9 Å². The first-order valence-electron chi connectivity index (χ1n) is 5.90. The number of ether oxygens (including phenoxy) is 2. The van der Waals surface area contributed by atoms with Crippen LogP contribution in [-0.2, 0) is 14.3 Å². The van der Waals surface area contributed by atoms with Gasteiger partial charge in [-0.1, -0.05) is 11.6 Å². The Balaban J connectivity index is 2.78. The van der Waals surface area contributed by atoms with Gasteiger partial charge in [-0.3, -0.25) is 4.79 Å². The number of carbonyl (C=O) groups is 2. The van der Waals surface area contributed by atoms with Crippen molar-refractivity contribution in [2.24, 2.45) is 0 Å². The summed E-state index contributed by atoms with van der Waals surface area (Å²) in [5.74, 6) is -0.269. The molecule has 0 aliphatic carbocycles. The Labute approximate surface area is 122 Å². The number of hydrogen-bond acceptors (Lipinski definition) is 5. The lowest BCUT2D eigenvalue weighted by Crippen LogP contribution is -2.45. The average molecular weight is 301 g/mol. The fourth-order valence-electron chi connectivity index (χ4n) is 1.61. The molecule has 110 valence electrons. The molecular weight excluding hydrogens is 284 g/mol. The first-order chi connectivity index (χ1) is 9.47. The summed E-state index contributed by atoms with van der Waals surface area (Å²) >= 11 is 5.91. The summed E-state index contributed by atoms with van der Waals surface area (Å²) in [6, 6.07) is 4.27. The smallest absolute Gasteiger partial charge is 0.330 e. The van der Waals surface area contributed by atoms with E-state index in [1.807, 2.05) is 0 Å². The topological polar surface area (TPSA) is 76.7 Å². The molecule has 0 saturated heterocycles. The van der Waals surface area contributed by atoms with Crippen molar-refractivity contribution in [1.29, 1.82) is 0 Å². The quantitative estimate of drug-likeness (QED) is 0.777. The molecule has 0 bridgehead atoms. The van der Waals surface area contributed by atoms with E-state index >= 15 is 0 Å². The van der Waals surface area contributed by atoms with Gasteiger partial charge in [0.25, 0.3) is 0 Å². The van der Waals surface area contributed by atoms with Crippen molar-refractivity contribution in [3.63, 3.8) is 0 Å². The second-order valence-electron chi connectivity index (χ2n) is 4.00. The molecule has 0 radical (unpaired) electrons. The normalized spacial score (nSPS) is 11.4. The second kappa shape index (κ2) is 7.59. The van der Waals surface area contributed by atoms with Gasteiger partial charge < -0.3 is 20.1 Å². The van der Waals surface area contributed by atoms with Crippen molar-refractivity contribution >= 4 is 29.2 Å². The number of esters is 1. The second-order valence-corrected chi connectivity index (χ2v) is 4.44. The molecule has 0 spiro atoms. The van der Waals surface area contributed by atoms with Crippen LogP contribution in [0.15, 0.2) is 18.2 Å². The molecule has 1 amide bonds. The molecule has 1 aromatic rings. The molecule has 1 aromatic carbocycles. The molecule has 20 heavy (non-hydrogen) atoms. The summed E-state index contributed by atoms with van der Waals surface area (Å²) in [7, 11) is 2.79. The highest BCUT2D eigenvalue weighted by Crippen LogP contribution is 2.27. The predicted octanol–water partition coefficient (Wildman–Crippen LogP) is 1.44. The maximum absolute atomic E-state index is 11.6. The van der Waals surface area contributed by atoms with Crippen molar-refractivity contribution in [3.05, 3.63) is 23.2 Å². The number of nitrogens with one attached hydrogen (secondary N) is 2. The van der Waals surface area contributed by atoms with Crippen LogP contribution in [0.3, 0.4) is 0 Å². The molecule has 0 heterocycles. The third-order valence-electron chi connectivity index (χ3n) is 2.52. The van der Waals surface area contributed by atoms with E-state index in [4.69, 9.17) is 16.3 Å². The average Bonchev–Trinajstić information content (AvgIpc) is 2.42. The summed E-state index contributed by atoms with van der Waals surface area (Å²) in [6.07, 6.45) is 0. The van der Waals surface area contributed by atoms with Crippen LogP contribution in [0.5, 0.6) is 5.75 Å². The Morgan fingerprint density at radius 3 is 2.60 bits per heavy atom. The van der Waals surface area contributed by atoms with Gasteiger partial charge in [-0.15, -0.1) is 0 Å². The van der Waals surface area contributed by atoms with Gasteiger partial charge in [-0.25, -0.2) is 4.79 Å². The molecular formula is C13H17ClN2O4. The molecule has 7 heteroatoms. The van der Waals surface area contributed by atoms with Crippen LogP contribution in [0.2, 0.25) is 5.02 Å². The molecule has 1 unspecified atom stereocenters. The third-order valence-corrected chi connectivity index (χ3v) is 2.76. The van der Waals surface area contributed by atoms with E-state index in [0.717, 1.165) is 0 Å².